The molecule has 0 radical (unpaired) electrons. The number of rotatable bonds is 4. The molecule has 0 unspecified atom stereocenters. The lowest BCUT2D eigenvalue weighted by molar-refractivity contribution is -0.116. The van der Waals surface area contributed by atoms with E-state index in [9.17, 15) is 14.4 Å². The van der Waals surface area contributed by atoms with Crippen molar-refractivity contribution in [1.29, 1.82) is 0 Å². The fourth-order valence-electron chi connectivity index (χ4n) is 3.77. The summed E-state index contributed by atoms with van der Waals surface area (Å²) in [5, 5.41) is 4.40. The average molecular weight is 372 g/mol. The number of carbonyl (C=O) groups excluding carboxylic acids is 3. The summed E-state index contributed by atoms with van der Waals surface area (Å²) in [6.45, 7) is 3.97. The first-order valence-corrected chi connectivity index (χ1v) is 9.20. The molecule has 140 valence electrons. The Labute approximate surface area is 163 Å². The third kappa shape index (κ3) is 3.16. The van der Waals surface area contributed by atoms with E-state index in [-0.39, 0.29) is 30.7 Å². The van der Waals surface area contributed by atoms with Crippen molar-refractivity contribution in [1.82, 2.24) is 4.90 Å². The Morgan fingerprint density at radius 2 is 1.46 bits per heavy atom. The highest BCUT2D eigenvalue weighted by atomic mass is 16.2. The van der Waals surface area contributed by atoms with Crippen molar-refractivity contribution >= 4 is 34.2 Å². The number of hydrogen-bond acceptors (Lipinski definition) is 3. The molecule has 1 aliphatic rings. The van der Waals surface area contributed by atoms with E-state index in [0.717, 1.165) is 21.4 Å². The molecule has 0 aliphatic carbocycles. The summed E-state index contributed by atoms with van der Waals surface area (Å²) in [7, 11) is 0. The third-order valence-corrected chi connectivity index (χ3v) is 4.92. The molecule has 5 heteroatoms. The zero-order valence-electron chi connectivity index (χ0n) is 15.8. The molecule has 0 bridgehead atoms. The summed E-state index contributed by atoms with van der Waals surface area (Å²) in [6.07, 6.45) is 0.0443. The molecular formula is C23H20N2O3. The van der Waals surface area contributed by atoms with Gasteiger partial charge in [-0.25, -0.2) is 0 Å². The summed E-state index contributed by atoms with van der Waals surface area (Å²) in [6, 6.07) is 16.6. The summed E-state index contributed by atoms with van der Waals surface area (Å²) >= 11 is 0. The van der Waals surface area contributed by atoms with Gasteiger partial charge in [0.05, 0.1) is 0 Å². The maximum absolute atomic E-state index is 12.8. The van der Waals surface area contributed by atoms with Crippen LogP contribution in [0.5, 0.6) is 0 Å². The fourth-order valence-corrected chi connectivity index (χ4v) is 3.77. The Morgan fingerprint density at radius 1 is 0.893 bits per heavy atom. The minimum Gasteiger partial charge on any atom is -0.326 e. The SMILES string of the molecule is Cc1cc(C)cc(NC(=O)CCN2C(=O)c3cccc4cccc(c34)C2=O)c1. The summed E-state index contributed by atoms with van der Waals surface area (Å²) in [5.74, 6) is -0.940. The molecule has 0 saturated heterocycles. The van der Waals surface area contributed by atoms with Crippen molar-refractivity contribution in [3.05, 3.63) is 76.9 Å². The summed E-state index contributed by atoms with van der Waals surface area (Å²) in [4.78, 5) is 39.2. The maximum atomic E-state index is 12.8. The molecule has 0 aromatic heterocycles. The van der Waals surface area contributed by atoms with Crippen LogP contribution in [-0.4, -0.2) is 29.2 Å². The Balaban J connectivity index is 1.52. The van der Waals surface area contributed by atoms with Crippen molar-refractivity contribution < 1.29 is 14.4 Å². The van der Waals surface area contributed by atoms with Gasteiger partial charge in [0.15, 0.2) is 0 Å². The molecule has 3 aromatic rings. The van der Waals surface area contributed by atoms with E-state index in [1.807, 2.05) is 44.2 Å². The van der Waals surface area contributed by atoms with Crippen LogP contribution in [0.2, 0.25) is 0 Å². The van der Waals surface area contributed by atoms with Crippen molar-refractivity contribution in [2.45, 2.75) is 20.3 Å². The number of anilines is 1. The van der Waals surface area contributed by atoms with Crippen molar-refractivity contribution in [2.24, 2.45) is 0 Å². The van der Waals surface area contributed by atoms with Gasteiger partial charge in [-0.1, -0.05) is 30.3 Å². The zero-order valence-corrected chi connectivity index (χ0v) is 15.8. The number of imide groups is 1. The molecule has 0 spiro atoms. The predicted octanol–water partition coefficient (Wildman–Crippen LogP) is 4.08. The molecule has 3 aromatic carbocycles. The lowest BCUT2D eigenvalue weighted by atomic mass is 9.94. The topological polar surface area (TPSA) is 66.5 Å². The van der Waals surface area contributed by atoms with E-state index >= 15 is 0 Å². The first-order valence-electron chi connectivity index (χ1n) is 9.20. The second-order valence-corrected chi connectivity index (χ2v) is 7.15. The van der Waals surface area contributed by atoms with Crippen LogP contribution in [0.25, 0.3) is 10.8 Å². The highest BCUT2D eigenvalue weighted by molar-refractivity contribution is 6.25. The summed E-state index contributed by atoms with van der Waals surface area (Å²) < 4.78 is 0. The first kappa shape index (κ1) is 17.9. The number of amides is 3. The Bertz CT molecular complexity index is 1060. The second kappa shape index (κ2) is 6.93. The van der Waals surface area contributed by atoms with Crippen LogP contribution >= 0.6 is 0 Å². The Kier molecular flexibility index (Phi) is 4.43. The molecule has 0 atom stereocenters. The standard InChI is InChI=1S/C23H20N2O3/c1-14-11-15(2)13-17(12-14)24-20(26)9-10-25-22(27)18-7-3-5-16-6-4-8-19(21(16)18)23(25)28/h3-8,11-13H,9-10H2,1-2H3,(H,24,26). The number of nitrogens with zero attached hydrogens (tertiary/aromatic N) is 1. The highest BCUT2D eigenvalue weighted by Gasteiger charge is 2.32. The monoisotopic (exact) mass is 372 g/mol. The van der Waals surface area contributed by atoms with Crippen molar-refractivity contribution in [2.75, 3.05) is 11.9 Å². The van der Waals surface area contributed by atoms with Crippen LogP contribution in [0, 0.1) is 13.8 Å². The molecule has 0 saturated carbocycles. The maximum Gasteiger partial charge on any atom is 0.261 e. The van der Waals surface area contributed by atoms with Crippen LogP contribution < -0.4 is 5.32 Å². The van der Waals surface area contributed by atoms with Gasteiger partial charge in [0.1, 0.15) is 0 Å². The molecular weight excluding hydrogens is 352 g/mol. The lowest BCUT2D eigenvalue weighted by Gasteiger charge is -2.27. The van der Waals surface area contributed by atoms with Crippen LogP contribution in [0.15, 0.2) is 54.6 Å². The largest absolute Gasteiger partial charge is 0.326 e. The molecule has 28 heavy (non-hydrogen) atoms. The van der Waals surface area contributed by atoms with E-state index in [4.69, 9.17) is 0 Å². The molecule has 1 N–H and O–H groups in total. The van der Waals surface area contributed by atoms with Gasteiger partial charge in [-0.15, -0.1) is 0 Å². The van der Waals surface area contributed by atoms with Crippen LogP contribution in [-0.2, 0) is 4.79 Å². The Morgan fingerprint density at radius 3 is 2.04 bits per heavy atom. The molecule has 3 amide bonds. The number of aryl methyl sites for hydroxylation is 2. The lowest BCUT2D eigenvalue weighted by Crippen LogP contribution is -2.41. The van der Waals surface area contributed by atoms with Gasteiger partial charge >= 0.3 is 0 Å². The molecule has 1 aliphatic heterocycles. The third-order valence-electron chi connectivity index (χ3n) is 4.92. The molecule has 4 rings (SSSR count). The second-order valence-electron chi connectivity index (χ2n) is 7.15. The van der Waals surface area contributed by atoms with E-state index in [1.165, 1.54) is 0 Å². The van der Waals surface area contributed by atoms with Gasteiger partial charge in [0, 0.05) is 35.2 Å². The van der Waals surface area contributed by atoms with Crippen LogP contribution in [0.1, 0.15) is 38.3 Å². The number of hydrogen-bond donors (Lipinski definition) is 1. The van der Waals surface area contributed by atoms with Gasteiger partial charge in [-0.3, -0.25) is 19.3 Å². The van der Waals surface area contributed by atoms with Crippen LogP contribution in [0.3, 0.4) is 0 Å². The van der Waals surface area contributed by atoms with Gasteiger partial charge in [-0.2, -0.15) is 0 Å². The molecule has 0 fully saturated rings. The van der Waals surface area contributed by atoms with Crippen LogP contribution in [0.4, 0.5) is 5.69 Å². The predicted molar refractivity (Wildman–Crippen MR) is 108 cm³/mol. The number of benzene rings is 3. The fraction of sp³-hybridized carbons (Fsp3) is 0.174. The van der Waals surface area contributed by atoms with E-state index in [1.54, 1.807) is 24.3 Å². The molecule has 5 nitrogen and oxygen atoms in total. The highest BCUT2D eigenvalue weighted by Crippen LogP contribution is 2.30. The average Bonchev–Trinajstić information content (AvgIpc) is 2.65. The minimum atomic E-state index is -0.353. The van der Waals surface area contributed by atoms with Crippen molar-refractivity contribution in [3.63, 3.8) is 0 Å². The zero-order chi connectivity index (χ0) is 19.8. The van der Waals surface area contributed by atoms with Gasteiger partial charge < -0.3 is 5.32 Å². The quantitative estimate of drug-likeness (QED) is 0.702. The normalized spacial score (nSPS) is 13.1. The van der Waals surface area contributed by atoms with Gasteiger partial charge in [0.25, 0.3) is 11.8 Å². The Hall–Kier alpha value is -3.47. The van der Waals surface area contributed by atoms with Gasteiger partial charge in [0.2, 0.25) is 5.91 Å². The van der Waals surface area contributed by atoms with Crippen molar-refractivity contribution in [3.8, 4) is 0 Å². The first-order chi connectivity index (χ1) is 13.4. The summed E-state index contributed by atoms with van der Waals surface area (Å²) in [5.41, 5.74) is 3.83. The van der Waals surface area contributed by atoms with E-state index in [2.05, 4.69) is 5.32 Å². The van der Waals surface area contributed by atoms with E-state index in [0.29, 0.717) is 22.2 Å². The van der Waals surface area contributed by atoms with Gasteiger partial charge in [-0.05, 0) is 54.6 Å². The number of carbonyl (C=O) groups is 3. The number of nitrogens with one attached hydrogen (secondary N) is 1. The minimum absolute atomic E-state index is 0.0407. The molecule has 1 heterocycles. The van der Waals surface area contributed by atoms with E-state index < -0.39 is 0 Å². The smallest absolute Gasteiger partial charge is 0.261 e.